The molecule has 0 bridgehead atoms. The molecule has 1 N–H and O–H groups in total. The molecular weight excluding hydrogens is 264 g/mol. The molecule has 0 spiro atoms. The molecule has 7 heteroatoms. The van der Waals surface area contributed by atoms with Gasteiger partial charge in [0.1, 0.15) is 4.70 Å². The fourth-order valence-corrected chi connectivity index (χ4v) is 3.41. The van der Waals surface area contributed by atoms with Crippen molar-refractivity contribution >= 4 is 26.8 Å². The molecule has 2 aromatic heterocycles. The third-order valence-corrected chi connectivity index (χ3v) is 4.63. The van der Waals surface area contributed by atoms with Gasteiger partial charge in [-0.05, 0) is 12.8 Å². The van der Waals surface area contributed by atoms with Crippen molar-refractivity contribution in [2.75, 3.05) is 18.0 Å². The van der Waals surface area contributed by atoms with Gasteiger partial charge in [-0.3, -0.25) is 14.3 Å². The molecule has 3 heterocycles. The van der Waals surface area contributed by atoms with E-state index in [1.54, 1.807) is 0 Å². The van der Waals surface area contributed by atoms with Crippen LogP contribution in [0.3, 0.4) is 0 Å². The Morgan fingerprint density at radius 3 is 2.53 bits per heavy atom. The highest BCUT2D eigenvalue weighted by atomic mass is 32.1. The zero-order valence-corrected chi connectivity index (χ0v) is 11.6. The van der Waals surface area contributed by atoms with Crippen LogP contribution in [-0.2, 0) is 7.05 Å². The summed E-state index contributed by atoms with van der Waals surface area (Å²) in [5.74, 6) is 0. The van der Waals surface area contributed by atoms with E-state index in [-0.39, 0.29) is 5.56 Å². The van der Waals surface area contributed by atoms with Crippen LogP contribution in [0.1, 0.15) is 25.7 Å². The monoisotopic (exact) mass is 280 g/mol. The molecule has 0 amide bonds. The van der Waals surface area contributed by atoms with Crippen molar-refractivity contribution in [2.24, 2.45) is 7.05 Å². The van der Waals surface area contributed by atoms with Gasteiger partial charge >= 0.3 is 5.69 Å². The first-order valence-corrected chi connectivity index (χ1v) is 7.33. The molecule has 1 fully saturated rings. The van der Waals surface area contributed by atoms with Crippen LogP contribution in [0, 0.1) is 0 Å². The molecule has 19 heavy (non-hydrogen) atoms. The quantitative estimate of drug-likeness (QED) is 0.848. The van der Waals surface area contributed by atoms with Gasteiger partial charge in [0, 0.05) is 20.1 Å². The first kappa shape index (κ1) is 12.4. The van der Waals surface area contributed by atoms with Gasteiger partial charge < -0.3 is 4.90 Å². The van der Waals surface area contributed by atoms with Gasteiger partial charge in [0.25, 0.3) is 5.56 Å². The SMILES string of the molecule is Cn1c(=O)[nH]c2nc(N3CCCCCC3)sc2c1=O. The summed E-state index contributed by atoms with van der Waals surface area (Å²) in [6.45, 7) is 1.95. The Morgan fingerprint density at radius 2 is 1.84 bits per heavy atom. The topological polar surface area (TPSA) is 71.0 Å². The Balaban J connectivity index is 2.08. The van der Waals surface area contributed by atoms with Crippen molar-refractivity contribution in [1.82, 2.24) is 14.5 Å². The summed E-state index contributed by atoms with van der Waals surface area (Å²) in [4.78, 5) is 32.8. The number of hydrogen-bond acceptors (Lipinski definition) is 5. The van der Waals surface area contributed by atoms with Gasteiger partial charge in [0.05, 0.1) is 0 Å². The average molecular weight is 280 g/mol. The summed E-state index contributed by atoms with van der Waals surface area (Å²) < 4.78 is 1.62. The minimum atomic E-state index is -0.412. The van der Waals surface area contributed by atoms with Gasteiger partial charge in [-0.25, -0.2) is 9.78 Å². The Labute approximate surface area is 113 Å². The standard InChI is InChI=1S/C12H16N4O2S/c1-15-10(17)8-9(13-11(15)18)14-12(19-8)16-6-4-2-3-5-7-16/h2-7H2,1H3,(H,13,18). The first-order chi connectivity index (χ1) is 9.16. The summed E-state index contributed by atoms with van der Waals surface area (Å²) >= 11 is 1.37. The van der Waals surface area contributed by atoms with Gasteiger partial charge in [-0.1, -0.05) is 24.2 Å². The van der Waals surface area contributed by atoms with Crippen LogP contribution < -0.4 is 16.1 Å². The number of nitrogens with one attached hydrogen (secondary N) is 1. The molecule has 0 atom stereocenters. The lowest BCUT2D eigenvalue weighted by molar-refractivity contribution is 0.726. The molecule has 3 rings (SSSR count). The second-order valence-electron chi connectivity index (χ2n) is 4.87. The third kappa shape index (κ3) is 2.18. The van der Waals surface area contributed by atoms with Crippen LogP contribution in [0.25, 0.3) is 10.3 Å². The molecule has 2 aromatic rings. The molecule has 0 radical (unpaired) electrons. The summed E-state index contributed by atoms with van der Waals surface area (Å²) in [5, 5.41) is 0.843. The molecule has 0 unspecified atom stereocenters. The molecule has 1 saturated heterocycles. The van der Waals surface area contributed by atoms with Gasteiger partial charge in [0.15, 0.2) is 10.8 Å². The number of fused-ring (bicyclic) bond motifs is 1. The van der Waals surface area contributed by atoms with Gasteiger partial charge in [-0.2, -0.15) is 0 Å². The third-order valence-electron chi connectivity index (χ3n) is 3.52. The minimum Gasteiger partial charge on any atom is -0.348 e. The molecule has 0 aliphatic carbocycles. The number of aromatic amines is 1. The van der Waals surface area contributed by atoms with Gasteiger partial charge in [-0.15, -0.1) is 0 Å². The van der Waals surface area contributed by atoms with E-state index in [4.69, 9.17) is 0 Å². The van der Waals surface area contributed by atoms with Crippen molar-refractivity contribution in [3.8, 4) is 0 Å². The summed E-state index contributed by atoms with van der Waals surface area (Å²) in [6, 6.07) is 0. The van der Waals surface area contributed by atoms with E-state index in [9.17, 15) is 9.59 Å². The lowest BCUT2D eigenvalue weighted by atomic mass is 10.2. The summed E-state index contributed by atoms with van der Waals surface area (Å²) in [6.07, 6.45) is 4.81. The number of anilines is 1. The fourth-order valence-electron chi connectivity index (χ4n) is 2.37. The Hall–Kier alpha value is -1.63. The lowest BCUT2D eigenvalue weighted by Crippen LogP contribution is -2.31. The van der Waals surface area contributed by atoms with Crippen molar-refractivity contribution in [3.05, 3.63) is 20.8 Å². The van der Waals surface area contributed by atoms with E-state index in [0.29, 0.717) is 10.3 Å². The van der Waals surface area contributed by atoms with Crippen LogP contribution in [-0.4, -0.2) is 27.6 Å². The van der Waals surface area contributed by atoms with Crippen LogP contribution in [0.4, 0.5) is 5.13 Å². The van der Waals surface area contributed by atoms with E-state index in [2.05, 4.69) is 14.9 Å². The van der Waals surface area contributed by atoms with E-state index in [1.165, 1.54) is 31.2 Å². The lowest BCUT2D eigenvalue weighted by Gasteiger charge is -2.18. The predicted molar refractivity (Wildman–Crippen MR) is 76.2 cm³/mol. The van der Waals surface area contributed by atoms with Crippen molar-refractivity contribution < 1.29 is 0 Å². The number of hydrogen-bond donors (Lipinski definition) is 1. The summed E-state index contributed by atoms with van der Waals surface area (Å²) in [5.41, 5.74) is -0.264. The second kappa shape index (κ2) is 4.80. The highest BCUT2D eigenvalue weighted by molar-refractivity contribution is 7.22. The molecule has 6 nitrogen and oxygen atoms in total. The highest BCUT2D eigenvalue weighted by Gasteiger charge is 2.17. The Morgan fingerprint density at radius 1 is 1.16 bits per heavy atom. The number of H-pyrrole nitrogens is 1. The average Bonchev–Trinajstić information content (AvgIpc) is 2.64. The van der Waals surface area contributed by atoms with Crippen molar-refractivity contribution in [1.29, 1.82) is 0 Å². The zero-order valence-electron chi connectivity index (χ0n) is 10.8. The Bertz CT molecular complexity index is 707. The van der Waals surface area contributed by atoms with Crippen molar-refractivity contribution in [3.63, 3.8) is 0 Å². The van der Waals surface area contributed by atoms with Crippen LogP contribution >= 0.6 is 11.3 Å². The van der Waals surface area contributed by atoms with Crippen molar-refractivity contribution in [2.45, 2.75) is 25.7 Å². The van der Waals surface area contributed by atoms with E-state index >= 15 is 0 Å². The molecular formula is C12H16N4O2S. The smallest absolute Gasteiger partial charge is 0.329 e. The molecule has 0 saturated carbocycles. The number of aromatic nitrogens is 3. The van der Waals surface area contributed by atoms with Crippen LogP contribution in [0.15, 0.2) is 9.59 Å². The van der Waals surface area contributed by atoms with Crippen LogP contribution in [0.2, 0.25) is 0 Å². The fraction of sp³-hybridized carbons (Fsp3) is 0.583. The van der Waals surface area contributed by atoms with Crippen LogP contribution in [0.5, 0.6) is 0 Å². The normalized spacial score (nSPS) is 16.8. The maximum absolute atomic E-state index is 12.0. The first-order valence-electron chi connectivity index (χ1n) is 6.51. The minimum absolute atomic E-state index is 0.266. The number of nitrogens with zero attached hydrogens (tertiary/aromatic N) is 3. The number of thiazole rings is 1. The number of rotatable bonds is 1. The molecule has 1 aliphatic heterocycles. The van der Waals surface area contributed by atoms with E-state index < -0.39 is 5.69 Å². The largest absolute Gasteiger partial charge is 0.348 e. The second-order valence-corrected chi connectivity index (χ2v) is 5.85. The molecule has 102 valence electrons. The highest BCUT2D eigenvalue weighted by Crippen LogP contribution is 2.26. The molecule has 1 aliphatic rings. The Kier molecular flexibility index (Phi) is 3.14. The maximum Gasteiger partial charge on any atom is 0.329 e. The molecule has 0 aromatic carbocycles. The summed E-state index contributed by atoms with van der Waals surface area (Å²) in [7, 11) is 1.48. The maximum atomic E-state index is 12.0. The van der Waals surface area contributed by atoms with Gasteiger partial charge in [0.2, 0.25) is 0 Å². The zero-order chi connectivity index (χ0) is 13.4. The van der Waals surface area contributed by atoms with E-state index in [0.717, 1.165) is 35.6 Å². The predicted octanol–water partition coefficient (Wildman–Crippen LogP) is 1.06. The van der Waals surface area contributed by atoms with E-state index in [1.807, 2.05) is 0 Å².